The van der Waals surface area contributed by atoms with E-state index in [1.54, 1.807) is 21.3 Å². The summed E-state index contributed by atoms with van der Waals surface area (Å²) in [6, 6.07) is 7.96. The molecule has 0 bridgehead atoms. The lowest BCUT2D eigenvalue weighted by Gasteiger charge is -2.29. The zero-order valence-corrected chi connectivity index (χ0v) is 17.4. The zero-order chi connectivity index (χ0) is 21.7. The van der Waals surface area contributed by atoms with E-state index in [0.29, 0.717) is 35.2 Å². The highest BCUT2D eigenvalue weighted by Gasteiger charge is 2.46. The summed E-state index contributed by atoms with van der Waals surface area (Å²) in [6.45, 7) is 0.314. The third kappa shape index (κ3) is 2.76. The number of carbonyl (C=O) groups excluding carboxylic acids is 1. The number of cyclic esters (lactones) is 1. The van der Waals surface area contributed by atoms with E-state index in [2.05, 4.69) is 6.07 Å². The van der Waals surface area contributed by atoms with E-state index in [9.17, 15) is 10.1 Å². The number of hydrogen-bond acceptors (Lipinski definition) is 8. The van der Waals surface area contributed by atoms with Gasteiger partial charge in [0.1, 0.15) is 0 Å². The van der Waals surface area contributed by atoms with Gasteiger partial charge in [-0.3, -0.25) is 4.79 Å². The number of nitriles is 1. The van der Waals surface area contributed by atoms with Crippen LogP contribution in [-0.4, -0.2) is 40.7 Å². The monoisotopic (exact) mass is 423 g/mol. The summed E-state index contributed by atoms with van der Waals surface area (Å²) in [5.41, 5.74) is 3.11. The van der Waals surface area contributed by atoms with Gasteiger partial charge in [-0.15, -0.1) is 0 Å². The first-order chi connectivity index (χ1) is 15.1. The SMILES string of the molecule is COc1cc2c(c(OC)c1OC)-c1cc3c(cc1[C@H](C#N)[C@H]1COC(=O)[C@@H]1C2)OCO3. The number of benzene rings is 2. The van der Waals surface area contributed by atoms with Crippen molar-refractivity contribution in [1.82, 2.24) is 0 Å². The van der Waals surface area contributed by atoms with Crippen molar-refractivity contribution < 1.29 is 33.2 Å². The van der Waals surface area contributed by atoms with Gasteiger partial charge < -0.3 is 28.4 Å². The Balaban J connectivity index is 1.87. The molecule has 3 atom stereocenters. The van der Waals surface area contributed by atoms with E-state index < -0.39 is 11.8 Å². The average molecular weight is 423 g/mol. The predicted molar refractivity (Wildman–Crippen MR) is 108 cm³/mol. The summed E-state index contributed by atoms with van der Waals surface area (Å²) in [6.07, 6.45) is 0.390. The second-order valence-corrected chi connectivity index (χ2v) is 7.68. The maximum absolute atomic E-state index is 12.6. The van der Waals surface area contributed by atoms with Gasteiger partial charge in [0.15, 0.2) is 23.0 Å². The molecule has 1 aliphatic carbocycles. The van der Waals surface area contributed by atoms with Crippen molar-refractivity contribution in [3.63, 3.8) is 0 Å². The topological polar surface area (TPSA) is 96.2 Å². The van der Waals surface area contributed by atoms with Gasteiger partial charge in [0.25, 0.3) is 0 Å². The first-order valence-corrected chi connectivity index (χ1v) is 9.93. The number of hydrogen-bond donors (Lipinski definition) is 0. The van der Waals surface area contributed by atoms with Crippen LogP contribution in [0.4, 0.5) is 0 Å². The number of fused-ring (bicyclic) bond motifs is 5. The quantitative estimate of drug-likeness (QED) is 0.695. The first-order valence-electron chi connectivity index (χ1n) is 9.93. The van der Waals surface area contributed by atoms with E-state index >= 15 is 0 Å². The van der Waals surface area contributed by atoms with Crippen molar-refractivity contribution >= 4 is 5.97 Å². The van der Waals surface area contributed by atoms with Gasteiger partial charge in [-0.2, -0.15) is 5.26 Å². The Morgan fingerprint density at radius 3 is 2.42 bits per heavy atom. The van der Waals surface area contributed by atoms with Gasteiger partial charge in [-0.05, 0) is 41.3 Å². The van der Waals surface area contributed by atoms with Crippen molar-refractivity contribution in [2.45, 2.75) is 12.3 Å². The first kappa shape index (κ1) is 19.4. The predicted octanol–water partition coefficient (Wildman–Crippen LogP) is 3.06. The fraction of sp³-hybridized carbons (Fsp3) is 0.391. The Morgan fingerprint density at radius 1 is 1.00 bits per heavy atom. The second kappa shape index (κ2) is 7.27. The normalized spacial score (nSPS) is 22.8. The number of methoxy groups -OCH3 is 3. The molecule has 1 saturated heterocycles. The van der Waals surface area contributed by atoms with Crippen LogP contribution < -0.4 is 23.7 Å². The Bertz CT molecular complexity index is 1120. The Kier molecular flexibility index (Phi) is 4.54. The largest absolute Gasteiger partial charge is 0.493 e. The highest BCUT2D eigenvalue weighted by Crippen LogP contribution is 2.54. The summed E-state index contributed by atoms with van der Waals surface area (Å²) in [5.74, 6) is 0.984. The molecule has 2 aromatic rings. The molecule has 31 heavy (non-hydrogen) atoms. The molecule has 160 valence electrons. The molecule has 2 aromatic carbocycles. The second-order valence-electron chi connectivity index (χ2n) is 7.68. The highest BCUT2D eigenvalue weighted by molar-refractivity contribution is 5.86. The molecule has 0 saturated carbocycles. The van der Waals surface area contributed by atoms with E-state index in [0.717, 1.165) is 22.3 Å². The molecular weight excluding hydrogens is 402 g/mol. The Hall–Kier alpha value is -3.60. The molecule has 2 heterocycles. The summed E-state index contributed by atoms with van der Waals surface area (Å²) in [7, 11) is 4.65. The van der Waals surface area contributed by atoms with Gasteiger partial charge in [-0.25, -0.2) is 0 Å². The van der Waals surface area contributed by atoms with Crippen LogP contribution in [-0.2, 0) is 16.0 Å². The van der Waals surface area contributed by atoms with E-state index in [4.69, 9.17) is 28.4 Å². The molecule has 5 rings (SSSR count). The Labute approximate surface area is 179 Å². The van der Waals surface area contributed by atoms with Gasteiger partial charge >= 0.3 is 5.97 Å². The minimum absolute atomic E-state index is 0.110. The summed E-state index contributed by atoms with van der Waals surface area (Å²) >= 11 is 0. The van der Waals surface area contributed by atoms with Crippen LogP contribution in [0.1, 0.15) is 17.0 Å². The van der Waals surface area contributed by atoms with E-state index in [1.807, 2.05) is 18.2 Å². The van der Waals surface area contributed by atoms with Crippen LogP contribution in [0.2, 0.25) is 0 Å². The molecule has 0 radical (unpaired) electrons. The smallest absolute Gasteiger partial charge is 0.309 e. The fourth-order valence-corrected chi connectivity index (χ4v) is 4.87. The van der Waals surface area contributed by atoms with Crippen LogP contribution in [0.25, 0.3) is 11.1 Å². The summed E-state index contributed by atoms with van der Waals surface area (Å²) in [4.78, 5) is 12.6. The standard InChI is InChI=1S/C23H21NO7/c1-26-19-5-11-4-14-16(9-29-23(14)25)15(8-24)12-6-17-18(31-10-30-17)7-13(12)20(11)22(28-3)21(19)27-2/h5-7,14-16H,4,9-10H2,1-3H3/t14-,15+,16+/m1/s1. The van der Waals surface area contributed by atoms with Crippen LogP contribution >= 0.6 is 0 Å². The molecular formula is C23H21NO7. The fourth-order valence-electron chi connectivity index (χ4n) is 4.87. The molecule has 8 heteroatoms. The maximum Gasteiger partial charge on any atom is 0.309 e. The lowest BCUT2D eigenvalue weighted by atomic mass is 9.72. The van der Waals surface area contributed by atoms with Crippen molar-refractivity contribution in [2.75, 3.05) is 34.7 Å². The molecule has 0 N–H and O–H groups in total. The molecule has 8 nitrogen and oxygen atoms in total. The molecule has 0 spiro atoms. The molecule has 0 aromatic heterocycles. The van der Waals surface area contributed by atoms with Gasteiger partial charge in [0, 0.05) is 11.5 Å². The lowest BCUT2D eigenvalue weighted by Crippen LogP contribution is -2.26. The third-order valence-electron chi connectivity index (χ3n) is 6.31. The van der Waals surface area contributed by atoms with Crippen LogP contribution in [0.15, 0.2) is 18.2 Å². The Morgan fingerprint density at radius 2 is 1.74 bits per heavy atom. The summed E-state index contributed by atoms with van der Waals surface area (Å²) in [5, 5.41) is 10.1. The number of nitrogens with zero attached hydrogens (tertiary/aromatic N) is 1. The van der Waals surface area contributed by atoms with Crippen molar-refractivity contribution in [3.05, 3.63) is 29.3 Å². The van der Waals surface area contributed by atoms with Crippen molar-refractivity contribution in [1.29, 1.82) is 5.26 Å². The number of rotatable bonds is 3. The van der Waals surface area contributed by atoms with Crippen LogP contribution in [0, 0.1) is 23.2 Å². The third-order valence-corrected chi connectivity index (χ3v) is 6.31. The molecule has 2 aliphatic heterocycles. The van der Waals surface area contributed by atoms with Gasteiger partial charge in [0.05, 0.1) is 45.8 Å². The molecule has 0 unspecified atom stereocenters. The molecule has 0 amide bonds. The highest BCUT2D eigenvalue weighted by atomic mass is 16.7. The van der Waals surface area contributed by atoms with E-state index in [1.165, 1.54) is 0 Å². The van der Waals surface area contributed by atoms with Gasteiger partial charge in [-0.1, -0.05) is 0 Å². The number of ether oxygens (including phenoxy) is 6. The summed E-state index contributed by atoms with van der Waals surface area (Å²) < 4.78 is 33.5. The zero-order valence-electron chi connectivity index (χ0n) is 17.4. The minimum Gasteiger partial charge on any atom is -0.493 e. The lowest BCUT2D eigenvalue weighted by molar-refractivity contribution is -0.141. The molecule has 3 aliphatic rings. The van der Waals surface area contributed by atoms with Gasteiger partial charge in [0.2, 0.25) is 12.5 Å². The average Bonchev–Trinajstić information content (AvgIpc) is 3.38. The van der Waals surface area contributed by atoms with Crippen LogP contribution in [0.3, 0.4) is 0 Å². The molecule has 1 fully saturated rings. The number of esters is 1. The van der Waals surface area contributed by atoms with Crippen molar-refractivity contribution in [3.8, 4) is 45.9 Å². The van der Waals surface area contributed by atoms with E-state index in [-0.39, 0.29) is 25.3 Å². The van der Waals surface area contributed by atoms with Crippen LogP contribution in [0.5, 0.6) is 28.7 Å². The number of carbonyl (C=O) groups is 1. The van der Waals surface area contributed by atoms with Crippen molar-refractivity contribution in [2.24, 2.45) is 11.8 Å². The maximum atomic E-state index is 12.6. The minimum atomic E-state index is -0.563.